The lowest BCUT2D eigenvalue weighted by atomic mass is 10.1. The number of fused-ring (bicyclic) bond motifs is 1. The van der Waals surface area contributed by atoms with Crippen LogP contribution in [0.15, 0.2) is 36.4 Å². The third-order valence-electron chi connectivity index (χ3n) is 3.80. The Morgan fingerprint density at radius 1 is 1.12 bits per heavy atom. The summed E-state index contributed by atoms with van der Waals surface area (Å²) in [6.07, 6.45) is -0.547. The van der Waals surface area contributed by atoms with Crippen molar-refractivity contribution in [3.63, 3.8) is 0 Å². The minimum Gasteiger partial charge on any atom is -0.397 e. The number of rotatable bonds is 5. The molecule has 0 radical (unpaired) electrons. The molecule has 0 amide bonds. The summed E-state index contributed by atoms with van der Waals surface area (Å²) in [5.74, 6) is -0.0907. The molecule has 2 aromatic heterocycles. The number of nitrogens with two attached hydrogens (primary N) is 1. The van der Waals surface area contributed by atoms with E-state index in [1.165, 1.54) is 11.3 Å². The molecular formula is C18H18N2O3S. The second-order valence-electron chi connectivity index (χ2n) is 5.43. The molecule has 124 valence electrons. The standard InChI is InChI=1S/C18H18N2O3S/c1-10-4-6-11(7-5-10)15(21)16-14(19)12-8-9-13(18(22-2)23-3)20-17(12)24-16/h4-9,18H,19H2,1-3H3. The van der Waals surface area contributed by atoms with Crippen molar-refractivity contribution in [3.05, 3.63) is 58.1 Å². The molecule has 5 nitrogen and oxygen atoms in total. The van der Waals surface area contributed by atoms with Gasteiger partial charge >= 0.3 is 0 Å². The van der Waals surface area contributed by atoms with E-state index in [1.807, 2.05) is 37.3 Å². The van der Waals surface area contributed by atoms with E-state index < -0.39 is 6.29 Å². The highest BCUT2D eigenvalue weighted by Crippen LogP contribution is 2.35. The molecule has 3 rings (SSSR count). The van der Waals surface area contributed by atoms with Gasteiger partial charge in [0.05, 0.1) is 11.4 Å². The molecule has 2 N–H and O–H groups in total. The first-order valence-corrected chi connectivity index (χ1v) is 8.22. The van der Waals surface area contributed by atoms with Crippen LogP contribution in [0.25, 0.3) is 10.2 Å². The third-order valence-corrected chi connectivity index (χ3v) is 4.92. The van der Waals surface area contributed by atoms with Gasteiger partial charge < -0.3 is 15.2 Å². The number of benzene rings is 1. The molecule has 0 unspecified atom stereocenters. The number of aromatic nitrogens is 1. The number of carbonyl (C=O) groups excluding carboxylic acids is 1. The zero-order valence-corrected chi connectivity index (χ0v) is 14.5. The average molecular weight is 342 g/mol. The molecule has 24 heavy (non-hydrogen) atoms. The van der Waals surface area contributed by atoms with Crippen LogP contribution >= 0.6 is 11.3 Å². The van der Waals surface area contributed by atoms with Gasteiger partial charge in [-0.1, -0.05) is 29.8 Å². The topological polar surface area (TPSA) is 74.4 Å². The Morgan fingerprint density at radius 2 is 1.79 bits per heavy atom. The number of methoxy groups -OCH3 is 2. The first kappa shape index (κ1) is 16.6. The summed E-state index contributed by atoms with van der Waals surface area (Å²) in [7, 11) is 3.10. The Balaban J connectivity index is 2.04. The maximum absolute atomic E-state index is 12.7. The van der Waals surface area contributed by atoms with E-state index >= 15 is 0 Å². The molecule has 1 aromatic carbocycles. The number of anilines is 1. The molecule has 0 aliphatic rings. The minimum absolute atomic E-state index is 0.0907. The highest BCUT2D eigenvalue weighted by molar-refractivity contribution is 7.21. The Hall–Kier alpha value is -2.28. The van der Waals surface area contributed by atoms with Crippen molar-refractivity contribution in [1.29, 1.82) is 0 Å². The van der Waals surface area contributed by atoms with Gasteiger partial charge in [0.2, 0.25) is 12.1 Å². The molecule has 2 heterocycles. The first-order valence-electron chi connectivity index (χ1n) is 7.41. The summed E-state index contributed by atoms with van der Waals surface area (Å²) in [6, 6.07) is 11.1. The molecule has 0 fully saturated rings. The Bertz CT molecular complexity index is 883. The fourth-order valence-electron chi connectivity index (χ4n) is 2.49. The lowest BCUT2D eigenvalue weighted by Crippen LogP contribution is -2.05. The smallest absolute Gasteiger partial charge is 0.205 e. The highest BCUT2D eigenvalue weighted by Gasteiger charge is 2.20. The second kappa shape index (κ2) is 6.68. The van der Waals surface area contributed by atoms with Gasteiger partial charge in [-0.05, 0) is 19.1 Å². The van der Waals surface area contributed by atoms with Crippen molar-refractivity contribution in [3.8, 4) is 0 Å². The molecule has 3 aromatic rings. The van der Waals surface area contributed by atoms with Crippen LogP contribution in [0, 0.1) is 6.92 Å². The van der Waals surface area contributed by atoms with Gasteiger partial charge in [-0.25, -0.2) is 4.98 Å². The fraction of sp³-hybridized carbons (Fsp3) is 0.222. The van der Waals surface area contributed by atoms with Crippen molar-refractivity contribution in [2.24, 2.45) is 0 Å². The van der Waals surface area contributed by atoms with Gasteiger partial charge in [0, 0.05) is 25.2 Å². The van der Waals surface area contributed by atoms with Crippen molar-refractivity contribution in [2.75, 3.05) is 20.0 Å². The normalized spacial score (nSPS) is 11.3. The van der Waals surface area contributed by atoms with Crippen LogP contribution in [0.3, 0.4) is 0 Å². The van der Waals surface area contributed by atoms with E-state index in [9.17, 15) is 4.79 Å². The molecule has 0 saturated heterocycles. The van der Waals surface area contributed by atoms with Gasteiger partial charge in [0.1, 0.15) is 9.71 Å². The average Bonchev–Trinajstić information content (AvgIpc) is 2.92. The quantitative estimate of drug-likeness (QED) is 0.565. The maximum atomic E-state index is 12.7. The lowest BCUT2D eigenvalue weighted by molar-refractivity contribution is -0.108. The van der Waals surface area contributed by atoms with Gasteiger partial charge in [-0.3, -0.25) is 4.79 Å². The van der Waals surface area contributed by atoms with E-state index in [0.29, 0.717) is 26.7 Å². The minimum atomic E-state index is -0.547. The summed E-state index contributed by atoms with van der Waals surface area (Å²) in [5.41, 5.74) is 9.01. The molecule has 0 bridgehead atoms. The number of pyridine rings is 1. The molecule has 0 aliphatic carbocycles. The fourth-order valence-corrected chi connectivity index (χ4v) is 3.55. The number of thiophene rings is 1. The predicted molar refractivity (Wildman–Crippen MR) is 95.4 cm³/mol. The van der Waals surface area contributed by atoms with Crippen molar-refractivity contribution in [2.45, 2.75) is 13.2 Å². The van der Waals surface area contributed by atoms with Crippen LogP contribution in [0.2, 0.25) is 0 Å². The number of hydrogen-bond acceptors (Lipinski definition) is 6. The number of ketones is 1. The van der Waals surface area contributed by atoms with Gasteiger partial charge in [0.15, 0.2) is 0 Å². The first-order chi connectivity index (χ1) is 11.5. The van der Waals surface area contributed by atoms with E-state index in [1.54, 1.807) is 20.3 Å². The van der Waals surface area contributed by atoms with Crippen LogP contribution in [0.5, 0.6) is 0 Å². The van der Waals surface area contributed by atoms with E-state index in [2.05, 4.69) is 4.98 Å². The van der Waals surface area contributed by atoms with Crippen molar-refractivity contribution >= 4 is 33.0 Å². The van der Waals surface area contributed by atoms with Crippen LogP contribution in [-0.2, 0) is 9.47 Å². The third kappa shape index (κ3) is 2.91. The molecule has 0 atom stereocenters. The molecular weight excluding hydrogens is 324 g/mol. The summed E-state index contributed by atoms with van der Waals surface area (Å²) < 4.78 is 10.4. The predicted octanol–water partition coefficient (Wildman–Crippen LogP) is 3.71. The summed E-state index contributed by atoms with van der Waals surface area (Å²) in [4.78, 5) is 18.5. The largest absolute Gasteiger partial charge is 0.397 e. The Kier molecular flexibility index (Phi) is 4.62. The number of ether oxygens (including phenoxy) is 2. The number of aryl methyl sites for hydroxylation is 1. The monoisotopic (exact) mass is 342 g/mol. The van der Waals surface area contributed by atoms with Crippen LogP contribution in [-0.4, -0.2) is 25.0 Å². The SMILES string of the molecule is COC(OC)c1ccc2c(N)c(C(=O)c3ccc(C)cc3)sc2n1. The number of carbonyl (C=O) groups is 1. The van der Waals surface area contributed by atoms with E-state index in [4.69, 9.17) is 15.2 Å². The molecule has 0 spiro atoms. The van der Waals surface area contributed by atoms with Gasteiger partial charge in [-0.15, -0.1) is 11.3 Å². The zero-order chi connectivity index (χ0) is 17.3. The Labute approximate surface area is 144 Å². The van der Waals surface area contributed by atoms with Crippen LogP contribution in [0.4, 0.5) is 5.69 Å². The van der Waals surface area contributed by atoms with Gasteiger partial charge in [-0.2, -0.15) is 0 Å². The van der Waals surface area contributed by atoms with Crippen LogP contribution in [0.1, 0.15) is 32.8 Å². The van der Waals surface area contributed by atoms with Crippen molar-refractivity contribution in [1.82, 2.24) is 4.98 Å². The summed E-state index contributed by atoms with van der Waals surface area (Å²) in [5, 5.41) is 0.769. The lowest BCUT2D eigenvalue weighted by Gasteiger charge is -2.12. The molecule has 6 heteroatoms. The van der Waals surface area contributed by atoms with Crippen LogP contribution < -0.4 is 5.73 Å². The molecule has 0 aliphatic heterocycles. The number of hydrogen-bond donors (Lipinski definition) is 1. The van der Waals surface area contributed by atoms with Gasteiger partial charge in [0.25, 0.3) is 0 Å². The maximum Gasteiger partial charge on any atom is 0.205 e. The number of nitrogens with zero attached hydrogens (tertiary/aromatic N) is 1. The van der Waals surface area contributed by atoms with E-state index in [-0.39, 0.29) is 5.78 Å². The zero-order valence-electron chi connectivity index (χ0n) is 13.7. The Morgan fingerprint density at radius 3 is 2.42 bits per heavy atom. The second-order valence-corrected chi connectivity index (χ2v) is 6.43. The van der Waals surface area contributed by atoms with E-state index in [0.717, 1.165) is 10.9 Å². The number of nitrogen functional groups attached to an aromatic ring is 1. The molecule has 0 saturated carbocycles. The highest BCUT2D eigenvalue weighted by atomic mass is 32.1. The van der Waals surface area contributed by atoms with Crippen molar-refractivity contribution < 1.29 is 14.3 Å². The summed E-state index contributed by atoms with van der Waals surface area (Å²) >= 11 is 1.29. The summed E-state index contributed by atoms with van der Waals surface area (Å²) in [6.45, 7) is 1.98.